The zero-order valence-corrected chi connectivity index (χ0v) is 16.9. The third-order valence-corrected chi connectivity index (χ3v) is 5.50. The second-order valence-electron chi connectivity index (χ2n) is 7.74. The average molecular weight is 391 g/mol. The van der Waals surface area contributed by atoms with Gasteiger partial charge in [0.25, 0.3) is 0 Å². The van der Waals surface area contributed by atoms with Crippen LogP contribution in [0.25, 0.3) is 0 Å². The summed E-state index contributed by atoms with van der Waals surface area (Å²) in [6.07, 6.45) is 4.78. The molecule has 0 N–H and O–H groups in total. The van der Waals surface area contributed by atoms with E-state index in [0.717, 1.165) is 49.2 Å². The molecule has 3 rings (SSSR count). The monoisotopic (exact) mass is 391 g/mol. The largest absolute Gasteiger partial charge is 0.456 e. The summed E-state index contributed by atoms with van der Waals surface area (Å²) in [4.78, 5) is 25.6. The molecule has 28 heavy (non-hydrogen) atoms. The number of ether oxygens (including phenoxy) is 4. The summed E-state index contributed by atoms with van der Waals surface area (Å²) in [6, 6.07) is 5.73. The lowest BCUT2D eigenvalue weighted by Gasteiger charge is -2.36. The number of esters is 1. The molecule has 1 aliphatic heterocycles. The summed E-state index contributed by atoms with van der Waals surface area (Å²) in [5.74, 6) is 1.14. The number of fused-ring (bicyclic) bond motifs is 1. The van der Waals surface area contributed by atoms with Crippen LogP contribution in [0.2, 0.25) is 0 Å². The summed E-state index contributed by atoms with van der Waals surface area (Å²) in [7, 11) is 1.72. The van der Waals surface area contributed by atoms with Gasteiger partial charge in [0.05, 0.1) is 0 Å². The first-order valence-corrected chi connectivity index (χ1v) is 9.86. The molecule has 1 fully saturated rings. The Labute approximate surface area is 165 Å². The second kappa shape index (κ2) is 8.71. The Morgan fingerprint density at radius 2 is 1.89 bits per heavy atom. The van der Waals surface area contributed by atoms with Gasteiger partial charge in [-0.25, -0.2) is 4.79 Å². The summed E-state index contributed by atoms with van der Waals surface area (Å²) in [5, 5.41) is 0. The van der Waals surface area contributed by atoms with E-state index in [0.29, 0.717) is 6.42 Å². The molecule has 1 unspecified atom stereocenters. The fraction of sp³-hybridized carbons (Fsp3) is 0.619. The van der Waals surface area contributed by atoms with E-state index in [-0.39, 0.29) is 25.4 Å². The van der Waals surface area contributed by atoms with Crippen LogP contribution >= 0.6 is 0 Å². The number of amides is 1. The lowest BCUT2D eigenvalue weighted by molar-refractivity contribution is -0.166. The molecule has 1 saturated carbocycles. The first-order valence-electron chi connectivity index (χ1n) is 9.86. The molecule has 1 aliphatic carbocycles. The molecular formula is C21H29NO6. The van der Waals surface area contributed by atoms with Gasteiger partial charge in [-0.2, -0.15) is 0 Å². The second-order valence-corrected chi connectivity index (χ2v) is 7.74. The van der Waals surface area contributed by atoms with Crippen molar-refractivity contribution < 1.29 is 28.5 Å². The molecule has 2 aliphatic rings. The van der Waals surface area contributed by atoms with Gasteiger partial charge in [0.2, 0.25) is 6.79 Å². The van der Waals surface area contributed by atoms with Crippen LogP contribution in [0.1, 0.15) is 51.5 Å². The van der Waals surface area contributed by atoms with Crippen LogP contribution in [0.5, 0.6) is 11.5 Å². The summed E-state index contributed by atoms with van der Waals surface area (Å²) >= 11 is 0. The first kappa shape index (κ1) is 20.3. The van der Waals surface area contributed by atoms with Crippen LogP contribution in [0.3, 0.4) is 0 Å². The molecule has 0 bridgehead atoms. The quantitative estimate of drug-likeness (QED) is 0.689. The average Bonchev–Trinajstić information content (AvgIpc) is 3.13. The van der Waals surface area contributed by atoms with E-state index in [4.69, 9.17) is 18.9 Å². The van der Waals surface area contributed by atoms with E-state index >= 15 is 0 Å². The third-order valence-electron chi connectivity index (χ3n) is 5.50. The van der Waals surface area contributed by atoms with Crippen LogP contribution in [0, 0.1) is 0 Å². The predicted molar refractivity (Wildman–Crippen MR) is 102 cm³/mol. The Kier molecular flexibility index (Phi) is 6.31. The highest BCUT2D eigenvalue weighted by Gasteiger charge is 2.37. The van der Waals surface area contributed by atoms with Gasteiger partial charge in [0.1, 0.15) is 12.2 Å². The molecule has 154 valence electrons. The van der Waals surface area contributed by atoms with Gasteiger partial charge in [0.15, 0.2) is 11.5 Å². The summed E-state index contributed by atoms with van der Waals surface area (Å²) in [6.45, 7) is 3.71. The maximum atomic E-state index is 12.6. The third kappa shape index (κ3) is 4.88. The molecular weight excluding hydrogens is 362 g/mol. The molecule has 0 radical (unpaired) electrons. The SMILES string of the molecule is CC(=O)OC1(COC(=O)N(C)C(C)Cc2ccc3c(c2)OCO3)CCCCC1. The van der Waals surface area contributed by atoms with E-state index < -0.39 is 11.7 Å². The van der Waals surface area contributed by atoms with Gasteiger partial charge < -0.3 is 23.8 Å². The van der Waals surface area contributed by atoms with Crippen molar-refractivity contribution in [2.24, 2.45) is 0 Å². The molecule has 1 atom stereocenters. The number of likely N-dealkylation sites (N-methyl/N-ethyl adjacent to an activating group) is 1. The zero-order chi connectivity index (χ0) is 20.1. The van der Waals surface area contributed by atoms with E-state index in [9.17, 15) is 9.59 Å². The molecule has 7 heteroatoms. The highest BCUT2D eigenvalue weighted by molar-refractivity contribution is 5.68. The highest BCUT2D eigenvalue weighted by atomic mass is 16.7. The molecule has 1 aromatic rings. The number of carbonyl (C=O) groups is 2. The van der Waals surface area contributed by atoms with Crippen LogP contribution in [-0.2, 0) is 20.7 Å². The number of rotatable bonds is 6. The van der Waals surface area contributed by atoms with E-state index in [1.807, 2.05) is 25.1 Å². The van der Waals surface area contributed by atoms with E-state index in [1.165, 1.54) is 6.92 Å². The van der Waals surface area contributed by atoms with Crippen molar-refractivity contribution in [3.8, 4) is 11.5 Å². The first-order chi connectivity index (χ1) is 13.4. The van der Waals surface area contributed by atoms with Crippen LogP contribution in [0.15, 0.2) is 18.2 Å². The highest BCUT2D eigenvalue weighted by Crippen LogP contribution is 2.34. The van der Waals surface area contributed by atoms with Crippen molar-refractivity contribution in [1.82, 2.24) is 4.90 Å². The zero-order valence-electron chi connectivity index (χ0n) is 16.9. The Balaban J connectivity index is 1.54. The van der Waals surface area contributed by atoms with Gasteiger partial charge in [-0.05, 0) is 56.7 Å². The van der Waals surface area contributed by atoms with Crippen molar-refractivity contribution in [2.75, 3.05) is 20.4 Å². The molecule has 1 amide bonds. The molecule has 1 aromatic carbocycles. The van der Waals surface area contributed by atoms with Crippen molar-refractivity contribution in [1.29, 1.82) is 0 Å². The predicted octanol–water partition coefficient (Wildman–Crippen LogP) is 3.68. The Morgan fingerprint density at radius 3 is 2.61 bits per heavy atom. The van der Waals surface area contributed by atoms with Gasteiger partial charge in [0, 0.05) is 20.0 Å². The minimum atomic E-state index is -0.679. The van der Waals surface area contributed by atoms with Crippen LogP contribution in [-0.4, -0.2) is 49.1 Å². The van der Waals surface area contributed by atoms with Crippen molar-refractivity contribution in [2.45, 2.75) is 64.0 Å². The van der Waals surface area contributed by atoms with Crippen LogP contribution in [0.4, 0.5) is 4.79 Å². The number of hydrogen-bond donors (Lipinski definition) is 0. The maximum absolute atomic E-state index is 12.6. The molecule has 0 spiro atoms. The fourth-order valence-electron chi connectivity index (χ4n) is 3.80. The van der Waals surface area contributed by atoms with Crippen molar-refractivity contribution in [3.63, 3.8) is 0 Å². The summed E-state index contributed by atoms with van der Waals surface area (Å²) in [5.41, 5.74) is 0.376. The fourth-order valence-corrected chi connectivity index (χ4v) is 3.80. The van der Waals surface area contributed by atoms with Gasteiger partial charge in [-0.15, -0.1) is 0 Å². The number of nitrogens with zero attached hydrogens (tertiary/aromatic N) is 1. The van der Waals surface area contributed by atoms with Crippen molar-refractivity contribution >= 4 is 12.1 Å². The minimum Gasteiger partial charge on any atom is -0.456 e. The normalized spacial score (nSPS) is 18.2. The van der Waals surface area contributed by atoms with Gasteiger partial charge >= 0.3 is 12.1 Å². The topological polar surface area (TPSA) is 74.3 Å². The van der Waals surface area contributed by atoms with Crippen molar-refractivity contribution in [3.05, 3.63) is 23.8 Å². The number of benzene rings is 1. The molecule has 0 saturated heterocycles. The molecule has 1 heterocycles. The summed E-state index contributed by atoms with van der Waals surface area (Å²) < 4.78 is 21.8. The Morgan fingerprint density at radius 1 is 1.18 bits per heavy atom. The smallest absolute Gasteiger partial charge is 0.409 e. The maximum Gasteiger partial charge on any atom is 0.409 e. The number of hydrogen-bond acceptors (Lipinski definition) is 6. The van der Waals surface area contributed by atoms with Gasteiger partial charge in [-0.1, -0.05) is 12.5 Å². The molecule has 7 nitrogen and oxygen atoms in total. The van der Waals surface area contributed by atoms with E-state index in [2.05, 4.69) is 0 Å². The lowest BCUT2D eigenvalue weighted by Crippen LogP contribution is -2.44. The van der Waals surface area contributed by atoms with E-state index in [1.54, 1.807) is 11.9 Å². The Bertz CT molecular complexity index is 713. The molecule has 0 aromatic heterocycles. The Hall–Kier alpha value is -2.44. The number of carbonyl (C=O) groups excluding carboxylic acids is 2. The lowest BCUT2D eigenvalue weighted by atomic mass is 9.85. The minimum absolute atomic E-state index is 0.0658. The van der Waals surface area contributed by atoms with Gasteiger partial charge in [-0.3, -0.25) is 4.79 Å². The van der Waals surface area contributed by atoms with Crippen LogP contribution < -0.4 is 9.47 Å². The standard InChI is InChI=1S/C21H29NO6/c1-15(11-17-7-8-18-19(12-17)27-14-26-18)22(3)20(24)25-13-21(28-16(2)23)9-5-4-6-10-21/h7-8,12,15H,4-6,9-11,13-14H2,1-3H3.